The standard InChI is InChI=1S/C24H34O5/c1-24(2,3)29-23(26)20-13-14-22(25)21(20)16-28-19-11-9-18(10-12-19)27-15-17-7-5-4-6-8-17/h4-8,18-21H,9-16H2,1-3H3. The lowest BCUT2D eigenvalue weighted by Gasteiger charge is -2.30. The molecule has 29 heavy (non-hydrogen) atoms. The number of Topliss-reactive ketones (excluding diaryl/α,β-unsaturated/α-hetero) is 1. The Balaban J connectivity index is 1.40. The maximum atomic E-state index is 12.5. The van der Waals surface area contributed by atoms with Crippen LogP contribution < -0.4 is 0 Å². The molecule has 0 bridgehead atoms. The van der Waals surface area contributed by atoms with E-state index in [2.05, 4.69) is 12.1 Å². The number of carbonyl (C=O) groups is 2. The number of rotatable bonds is 7. The summed E-state index contributed by atoms with van der Waals surface area (Å²) in [6, 6.07) is 10.2. The highest BCUT2D eigenvalue weighted by molar-refractivity contribution is 5.90. The summed E-state index contributed by atoms with van der Waals surface area (Å²) in [7, 11) is 0. The fraction of sp³-hybridized carbons (Fsp3) is 0.667. The first-order chi connectivity index (χ1) is 13.8. The van der Waals surface area contributed by atoms with Crippen molar-refractivity contribution in [2.75, 3.05) is 6.61 Å². The molecule has 2 atom stereocenters. The molecular formula is C24H34O5. The van der Waals surface area contributed by atoms with E-state index in [9.17, 15) is 9.59 Å². The van der Waals surface area contributed by atoms with Crippen molar-refractivity contribution in [1.82, 2.24) is 0 Å². The summed E-state index contributed by atoms with van der Waals surface area (Å²) in [5.41, 5.74) is 0.658. The van der Waals surface area contributed by atoms with Crippen molar-refractivity contribution < 1.29 is 23.8 Å². The fourth-order valence-corrected chi connectivity index (χ4v) is 4.17. The third-order valence-electron chi connectivity index (χ3n) is 5.77. The first-order valence-corrected chi connectivity index (χ1v) is 10.8. The SMILES string of the molecule is CC(C)(C)OC(=O)C1CCC(=O)C1COC1CCC(OCc2ccccc2)CC1. The van der Waals surface area contributed by atoms with Gasteiger partial charge in [0, 0.05) is 6.42 Å². The van der Waals surface area contributed by atoms with Crippen LogP contribution in [0.2, 0.25) is 0 Å². The minimum Gasteiger partial charge on any atom is -0.460 e. The molecule has 0 aliphatic heterocycles. The maximum Gasteiger partial charge on any atom is 0.310 e. The van der Waals surface area contributed by atoms with E-state index in [0.717, 1.165) is 25.7 Å². The van der Waals surface area contributed by atoms with E-state index in [1.807, 2.05) is 39.0 Å². The zero-order chi connectivity index (χ0) is 20.9. The van der Waals surface area contributed by atoms with Gasteiger partial charge in [-0.3, -0.25) is 9.59 Å². The fourth-order valence-electron chi connectivity index (χ4n) is 4.17. The van der Waals surface area contributed by atoms with Gasteiger partial charge in [-0.1, -0.05) is 30.3 Å². The van der Waals surface area contributed by atoms with Crippen molar-refractivity contribution in [3.05, 3.63) is 35.9 Å². The van der Waals surface area contributed by atoms with Crippen LogP contribution in [0.1, 0.15) is 64.9 Å². The number of ketones is 1. The minimum atomic E-state index is -0.535. The van der Waals surface area contributed by atoms with Crippen molar-refractivity contribution in [2.45, 2.75) is 83.7 Å². The van der Waals surface area contributed by atoms with Crippen molar-refractivity contribution >= 4 is 11.8 Å². The van der Waals surface area contributed by atoms with Crippen molar-refractivity contribution in [1.29, 1.82) is 0 Å². The summed E-state index contributed by atoms with van der Waals surface area (Å²) in [5, 5.41) is 0. The predicted octanol–water partition coefficient (Wildman–Crippen LogP) is 4.47. The molecule has 0 heterocycles. The third-order valence-corrected chi connectivity index (χ3v) is 5.77. The van der Waals surface area contributed by atoms with Crippen LogP contribution in [-0.4, -0.2) is 36.2 Å². The molecule has 2 saturated carbocycles. The molecule has 2 fully saturated rings. The molecule has 3 rings (SSSR count). The van der Waals surface area contributed by atoms with E-state index in [-0.39, 0.29) is 35.8 Å². The molecule has 2 unspecified atom stereocenters. The predicted molar refractivity (Wildman–Crippen MR) is 110 cm³/mol. The Morgan fingerprint density at radius 1 is 0.966 bits per heavy atom. The van der Waals surface area contributed by atoms with Crippen LogP contribution in [0.3, 0.4) is 0 Å². The van der Waals surface area contributed by atoms with Crippen LogP contribution in [0.4, 0.5) is 0 Å². The second kappa shape index (κ2) is 9.86. The molecule has 5 heteroatoms. The van der Waals surface area contributed by atoms with E-state index in [4.69, 9.17) is 14.2 Å². The summed E-state index contributed by atoms with van der Waals surface area (Å²) in [5.74, 6) is -0.875. The number of benzene rings is 1. The van der Waals surface area contributed by atoms with E-state index >= 15 is 0 Å². The first kappa shape index (κ1) is 22.0. The number of carbonyl (C=O) groups excluding carboxylic acids is 2. The number of hydrogen-bond acceptors (Lipinski definition) is 5. The lowest BCUT2D eigenvalue weighted by molar-refractivity contribution is -0.163. The van der Waals surface area contributed by atoms with Crippen molar-refractivity contribution in [3.63, 3.8) is 0 Å². The molecule has 5 nitrogen and oxygen atoms in total. The highest BCUT2D eigenvalue weighted by atomic mass is 16.6. The second-order valence-electron chi connectivity index (χ2n) is 9.28. The molecular weight excluding hydrogens is 368 g/mol. The van der Waals surface area contributed by atoms with Crippen molar-refractivity contribution in [3.8, 4) is 0 Å². The Morgan fingerprint density at radius 2 is 1.59 bits per heavy atom. The Bertz CT molecular complexity index is 670. The number of esters is 1. The first-order valence-electron chi connectivity index (χ1n) is 10.8. The molecule has 0 amide bonds. The Labute approximate surface area is 174 Å². The molecule has 0 radical (unpaired) electrons. The van der Waals surface area contributed by atoms with E-state index in [1.165, 1.54) is 5.56 Å². The second-order valence-corrected chi connectivity index (χ2v) is 9.28. The minimum absolute atomic E-state index is 0.126. The monoisotopic (exact) mass is 402 g/mol. The highest BCUT2D eigenvalue weighted by Crippen LogP contribution is 2.33. The quantitative estimate of drug-likeness (QED) is 0.630. The van der Waals surface area contributed by atoms with Gasteiger partial charge in [0.25, 0.3) is 0 Å². The summed E-state index contributed by atoms with van der Waals surface area (Å²) < 4.78 is 17.6. The molecule has 1 aromatic rings. The zero-order valence-corrected chi connectivity index (χ0v) is 17.9. The van der Waals surface area contributed by atoms with E-state index in [1.54, 1.807) is 0 Å². The molecule has 2 aliphatic carbocycles. The molecule has 1 aromatic carbocycles. The van der Waals surface area contributed by atoms with Gasteiger partial charge >= 0.3 is 5.97 Å². The Kier molecular flexibility index (Phi) is 7.47. The van der Waals surface area contributed by atoms with Gasteiger partial charge in [-0.15, -0.1) is 0 Å². The Hall–Kier alpha value is -1.72. The maximum absolute atomic E-state index is 12.5. The lowest BCUT2D eigenvalue weighted by Crippen LogP contribution is -2.35. The van der Waals surface area contributed by atoms with Crippen LogP contribution in [0, 0.1) is 11.8 Å². The topological polar surface area (TPSA) is 61.8 Å². The Morgan fingerprint density at radius 3 is 2.21 bits per heavy atom. The van der Waals surface area contributed by atoms with Gasteiger partial charge in [0.2, 0.25) is 0 Å². The molecule has 0 spiro atoms. The zero-order valence-electron chi connectivity index (χ0n) is 17.9. The van der Waals surface area contributed by atoms with Gasteiger partial charge in [-0.2, -0.15) is 0 Å². The van der Waals surface area contributed by atoms with Gasteiger partial charge in [-0.05, 0) is 58.4 Å². The largest absolute Gasteiger partial charge is 0.460 e. The summed E-state index contributed by atoms with van der Waals surface area (Å²) in [6.45, 7) is 6.52. The highest BCUT2D eigenvalue weighted by Gasteiger charge is 2.42. The van der Waals surface area contributed by atoms with Crippen LogP contribution in [0.15, 0.2) is 30.3 Å². The smallest absolute Gasteiger partial charge is 0.310 e. The normalized spacial score (nSPS) is 27.8. The molecule has 0 aromatic heterocycles. The summed E-state index contributed by atoms with van der Waals surface area (Å²) >= 11 is 0. The third kappa shape index (κ3) is 6.65. The number of hydrogen-bond donors (Lipinski definition) is 0. The molecule has 160 valence electrons. The van der Waals surface area contributed by atoms with Gasteiger partial charge < -0.3 is 14.2 Å². The summed E-state index contributed by atoms with van der Waals surface area (Å²) in [6.07, 6.45) is 5.20. The molecule has 2 aliphatic rings. The van der Waals surface area contributed by atoms with Crippen LogP contribution in [-0.2, 0) is 30.4 Å². The van der Waals surface area contributed by atoms with Gasteiger partial charge in [0.05, 0.1) is 37.3 Å². The number of ether oxygens (including phenoxy) is 3. The average Bonchev–Trinajstić information content (AvgIpc) is 3.06. The van der Waals surface area contributed by atoms with Crippen LogP contribution >= 0.6 is 0 Å². The lowest BCUT2D eigenvalue weighted by atomic mass is 9.93. The van der Waals surface area contributed by atoms with E-state index < -0.39 is 5.60 Å². The van der Waals surface area contributed by atoms with Crippen molar-refractivity contribution in [2.24, 2.45) is 11.8 Å². The molecule has 0 saturated heterocycles. The van der Waals surface area contributed by atoms with Gasteiger partial charge in [0.15, 0.2) is 0 Å². The van der Waals surface area contributed by atoms with Gasteiger partial charge in [-0.25, -0.2) is 0 Å². The van der Waals surface area contributed by atoms with Crippen LogP contribution in [0.25, 0.3) is 0 Å². The van der Waals surface area contributed by atoms with E-state index in [0.29, 0.717) is 26.1 Å². The summed E-state index contributed by atoms with van der Waals surface area (Å²) in [4.78, 5) is 24.7. The van der Waals surface area contributed by atoms with Gasteiger partial charge in [0.1, 0.15) is 11.4 Å². The average molecular weight is 403 g/mol. The van der Waals surface area contributed by atoms with Crippen LogP contribution in [0.5, 0.6) is 0 Å². The molecule has 0 N–H and O–H groups in total.